The van der Waals surface area contributed by atoms with Gasteiger partial charge in [-0.3, -0.25) is 0 Å². The number of hydrogen-bond acceptors (Lipinski definition) is 6. The lowest BCUT2D eigenvalue weighted by Gasteiger charge is -2.60. The fourth-order valence-corrected chi connectivity index (χ4v) is 8.20. The summed E-state index contributed by atoms with van der Waals surface area (Å²) in [5.74, 6) is 0.0380. The van der Waals surface area contributed by atoms with E-state index in [2.05, 4.69) is 43.8 Å². The van der Waals surface area contributed by atoms with Gasteiger partial charge in [0.15, 0.2) is 0 Å². The SMILES string of the molecule is CN(C)CCO/N=C1\CC[C@@]2(C)C(=CC[C@H]3[C@@H]4CC[C@H](OC(=O)/C=C/C(=O)O)[C@@]4(C)CC[C@@H]32)C1(C)C. The third kappa shape index (κ3) is 4.75. The number of carbonyl (C=O) groups excluding carboxylic acids is 1. The first-order valence-corrected chi connectivity index (χ1v) is 13.6. The fraction of sp³-hybridized carbons (Fsp3) is 0.759. The Bertz CT molecular complexity index is 967. The van der Waals surface area contributed by atoms with E-state index in [1.165, 1.54) is 5.57 Å². The minimum atomic E-state index is -1.13. The number of allylic oxidation sites excluding steroid dienone is 2. The summed E-state index contributed by atoms with van der Waals surface area (Å²) in [7, 11) is 4.08. The molecule has 0 spiro atoms. The van der Waals surface area contributed by atoms with Gasteiger partial charge in [-0.15, -0.1) is 0 Å². The molecular weight excluding hydrogens is 456 g/mol. The number of hydrogen-bond donors (Lipinski definition) is 1. The molecule has 3 saturated carbocycles. The zero-order chi connectivity index (χ0) is 26.3. The van der Waals surface area contributed by atoms with Crippen LogP contribution in [0.3, 0.4) is 0 Å². The zero-order valence-corrected chi connectivity index (χ0v) is 22.9. The molecule has 4 aliphatic rings. The number of fused-ring (bicyclic) bond motifs is 5. The van der Waals surface area contributed by atoms with Gasteiger partial charge in [0.25, 0.3) is 0 Å². The Kier molecular flexibility index (Phi) is 7.44. The maximum atomic E-state index is 12.3. The Morgan fingerprint density at radius 1 is 1.11 bits per heavy atom. The van der Waals surface area contributed by atoms with E-state index in [9.17, 15) is 9.59 Å². The second kappa shape index (κ2) is 9.96. The molecule has 4 rings (SSSR count). The van der Waals surface area contributed by atoms with Crippen molar-refractivity contribution in [3.05, 3.63) is 23.8 Å². The first-order valence-electron chi connectivity index (χ1n) is 13.6. The van der Waals surface area contributed by atoms with Gasteiger partial charge in [0.05, 0.1) is 5.71 Å². The van der Waals surface area contributed by atoms with Crippen LogP contribution >= 0.6 is 0 Å². The molecular formula is C29H44N2O5. The Morgan fingerprint density at radius 3 is 2.56 bits per heavy atom. The number of oxime groups is 1. The third-order valence-electron chi connectivity index (χ3n) is 10.1. The molecule has 0 aliphatic heterocycles. The summed E-state index contributed by atoms with van der Waals surface area (Å²) in [6.07, 6.45) is 11.5. The van der Waals surface area contributed by atoms with Gasteiger partial charge >= 0.3 is 11.9 Å². The van der Waals surface area contributed by atoms with Gasteiger partial charge < -0.3 is 19.6 Å². The van der Waals surface area contributed by atoms with Crippen molar-refractivity contribution >= 4 is 17.7 Å². The average Bonchev–Trinajstić information content (AvgIpc) is 3.12. The van der Waals surface area contributed by atoms with Crippen molar-refractivity contribution in [2.45, 2.75) is 78.7 Å². The van der Waals surface area contributed by atoms with Crippen LogP contribution in [0.4, 0.5) is 0 Å². The molecule has 0 unspecified atom stereocenters. The quantitative estimate of drug-likeness (QED) is 0.173. The summed E-state index contributed by atoms with van der Waals surface area (Å²) in [6.45, 7) is 10.9. The molecule has 1 N–H and O–H groups in total. The smallest absolute Gasteiger partial charge is 0.331 e. The van der Waals surface area contributed by atoms with E-state index in [0.29, 0.717) is 24.4 Å². The lowest BCUT2D eigenvalue weighted by Crippen LogP contribution is -2.54. The van der Waals surface area contributed by atoms with Crippen molar-refractivity contribution in [3.8, 4) is 0 Å². The maximum absolute atomic E-state index is 12.3. The van der Waals surface area contributed by atoms with E-state index >= 15 is 0 Å². The predicted octanol–water partition coefficient (Wildman–Crippen LogP) is 5.07. The van der Waals surface area contributed by atoms with Crippen LogP contribution in [-0.4, -0.2) is 61.0 Å². The van der Waals surface area contributed by atoms with E-state index in [0.717, 1.165) is 69.4 Å². The maximum Gasteiger partial charge on any atom is 0.331 e. The second-order valence-electron chi connectivity index (χ2n) is 12.7. The topological polar surface area (TPSA) is 88.4 Å². The first kappa shape index (κ1) is 26.9. The number of carbonyl (C=O) groups is 2. The number of likely N-dealkylation sites (N-methyl/N-ethyl adjacent to an activating group) is 1. The minimum Gasteiger partial charge on any atom is -0.478 e. The van der Waals surface area contributed by atoms with Gasteiger partial charge in [0.2, 0.25) is 0 Å². The number of nitrogens with zero attached hydrogens (tertiary/aromatic N) is 2. The van der Waals surface area contributed by atoms with E-state index in [1.807, 2.05) is 14.1 Å². The molecule has 0 amide bonds. The summed E-state index contributed by atoms with van der Waals surface area (Å²) in [5.41, 5.74) is 2.68. The first-order chi connectivity index (χ1) is 16.9. The molecule has 36 heavy (non-hydrogen) atoms. The molecule has 3 fully saturated rings. The van der Waals surface area contributed by atoms with Crippen molar-refractivity contribution in [3.63, 3.8) is 0 Å². The van der Waals surface area contributed by atoms with Crippen LogP contribution in [0.5, 0.6) is 0 Å². The van der Waals surface area contributed by atoms with Crippen LogP contribution in [0.25, 0.3) is 0 Å². The lowest BCUT2D eigenvalue weighted by molar-refractivity contribution is -0.153. The largest absolute Gasteiger partial charge is 0.478 e. The molecule has 7 nitrogen and oxygen atoms in total. The number of rotatable bonds is 7. The van der Waals surface area contributed by atoms with Crippen LogP contribution in [0.15, 0.2) is 29.0 Å². The van der Waals surface area contributed by atoms with Gasteiger partial charge in [-0.2, -0.15) is 0 Å². The normalized spacial score (nSPS) is 38.3. The standard InChI is InChI=1S/C29H44N2O5/c1-27(2)22-9-7-19-20-8-10-24(36-26(34)12-11-25(32)33)29(20,4)15-13-21(19)28(22,3)16-14-23(27)30-35-18-17-31(5)6/h9,11-12,19-21,24H,7-8,10,13-18H2,1-6H3,(H,32,33)/b12-11+,30-23+/t19-,20-,21-,24-,28+,29-/m0/s1. The number of esters is 1. The number of ether oxygens (including phenoxy) is 1. The highest BCUT2D eigenvalue weighted by Crippen LogP contribution is 2.67. The highest BCUT2D eigenvalue weighted by molar-refractivity contribution is 5.93. The van der Waals surface area contributed by atoms with E-state index in [-0.39, 0.29) is 22.3 Å². The van der Waals surface area contributed by atoms with Gasteiger partial charge in [-0.1, -0.05) is 44.5 Å². The Hall–Kier alpha value is -2.15. The molecule has 0 aromatic heterocycles. The third-order valence-corrected chi connectivity index (χ3v) is 10.1. The molecule has 0 saturated heterocycles. The monoisotopic (exact) mass is 500 g/mol. The van der Waals surface area contributed by atoms with E-state index in [4.69, 9.17) is 14.7 Å². The van der Waals surface area contributed by atoms with Crippen LogP contribution in [-0.2, 0) is 19.2 Å². The summed E-state index contributed by atoms with van der Waals surface area (Å²) >= 11 is 0. The molecule has 4 aliphatic carbocycles. The molecule has 0 radical (unpaired) electrons. The molecule has 0 aromatic carbocycles. The lowest BCUT2D eigenvalue weighted by atomic mass is 9.45. The summed E-state index contributed by atoms with van der Waals surface area (Å²) < 4.78 is 5.82. The molecule has 6 atom stereocenters. The molecule has 0 heterocycles. The van der Waals surface area contributed by atoms with Gasteiger partial charge in [0, 0.05) is 29.5 Å². The van der Waals surface area contributed by atoms with Crippen molar-refractivity contribution in [1.29, 1.82) is 0 Å². The van der Waals surface area contributed by atoms with Gasteiger partial charge in [-0.25, -0.2) is 9.59 Å². The minimum absolute atomic E-state index is 0.0489. The molecule has 0 bridgehead atoms. The Balaban J connectivity index is 1.51. The summed E-state index contributed by atoms with van der Waals surface area (Å²) in [4.78, 5) is 30.9. The fourth-order valence-electron chi connectivity index (χ4n) is 8.20. The number of carboxylic acids is 1. The predicted molar refractivity (Wildman–Crippen MR) is 139 cm³/mol. The van der Waals surface area contributed by atoms with Gasteiger partial charge in [0.1, 0.15) is 12.7 Å². The number of aliphatic carboxylic acids is 1. The highest BCUT2D eigenvalue weighted by atomic mass is 16.6. The Morgan fingerprint density at radius 2 is 1.86 bits per heavy atom. The van der Waals surface area contributed by atoms with Crippen molar-refractivity contribution in [2.24, 2.45) is 39.2 Å². The average molecular weight is 501 g/mol. The van der Waals surface area contributed by atoms with Crippen LogP contribution in [0.1, 0.15) is 72.6 Å². The van der Waals surface area contributed by atoms with Crippen LogP contribution < -0.4 is 0 Å². The second-order valence-corrected chi connectivity index (χ2v) is 12.7. The van der Waals surface area contributed by atoms with E-state index < -0.39 is 11.9 Å². The number of carboxylic acid groups (broad SMARTS) is 1. The Labute approximate surface area is 216 Å². The van der Waals surface area contributed by atoms with E-state index in [1.54, 1.807) is 0 Å². The summed E-state index contributed by atoms with van der Waals surface area (Å²) in [5, 5.41) is 13.4. The molecule has 7 heteroatoms. The highest BCUT2D eigenvalue weighted by Gasteiger charge is 2.61. The van der Waals surface area contributed by atoms with Crippen molar-refractivity contribution in [1.82, 2.24) is 4.90 Å². The zero-order valence-electron chi connectivity index (χ0n) is 22.9. The van der Waals surface area contributed by atoms with Gasteiger partial charge in [-0.05, 0) is 82.2 Å². The summed E-state index contributed by atoms with van der Waals surface area (Å²) in [6, 6.07) is 0. The van der Waals surface area contributed by atoms with Crippen molar-refractivity contribution in [2.75, 3.05) is 27.2 Å². The molecule has 200 valence electrons. The molecule has 0 aromatic rings. The van der Waals surface area contributed by atoms with Crippen molar-refractivity contribution < 1.29 is 24.3 Å². The van der Waals surface area contributed by atoms with Crippen LogP contribution in [0.2, 0.25) is 0 Å². The van der Waals surface area contributed by atoms with Crippen LogP contribution in [0, 0.1) is 34.0 Å².